The van der Waals surface area contributed by atoms with Gasteiger partial charge in [-0.25, -0.2) is 4.79 Å². The first-order chi connectivity index (χ1) is 17.9. The van der Waals surface area contributed by atoms with Gasteiger partial charge in [0.15, 0.2) is 6.29 Å². The van der Waals surface area contributed by atoms with Crippen molar-refractivity contribution in [2.75, 3.05) is 46.5 Å². The Morgan fingerprint density at radius 3 is 2.42 bits per heavy atom. The standard InChI is InChI=1S/C24H36BrN5O7S/c1-30(2,3)11-10-26-20(32)12-27-22(33)18(14-38)28-19(31)9-8-17(21-23(34)37-21)29-24(35)36-13-15-6-4-5-7-16(15)25/h4-7,17-18,21,23,34H,8-14H2,1-3H3,(H4-,26,27,28,29,31,32,33,35,38)/p+1/t17-,18-,21?,23?/m0/s1. The van der Waals surface area contributed by atoms with Crippen LogP contribution in [0.4, 0.5) is 4.79 Å². The molecular weight excluding hydrogens is 582 g/mol. The summed E-state index contributed by atoms with van der Waals surface area (Å²) in [4.78, 5) is 49.2. The number of likely N-dealkylation sites (N-methyl/N-ethyl adjacent to an activating group) is 1. The van der Waals surface area contributed by atoms with E-state index in [1.165, 1.54) is 0 Å². The van der Waals surface area contributed by atoms with Crippen LogP contribution < -0.4 is 21.3 Å². The van der Waals surface area contributed by atoms with Gasteiger partial charge in [0, 0.05) is 22.2 Å². The highest BCUT2D eigenvalue weighted by atomic mass is 79.9. The summed E-state index contributed by atoms with van der Waals surface area (Å²) in [6.45, 7) is 1.01. The topological polar surface area (TPSA) is 158 Å². The maximum atomic E-state index is 12.5. The van der Waals surface area contributed by atoms with E-state index in [9.17, 15) is 24.3 Å². The molecule has 212 valence electrons. The summed E-state index contributed by atoms with van der Waals surface area (Å²) in [5.74, 6) is -1.32. The highest BCUT2D eigenvalue weighted by Gasteiger charge is 2.44. The Kier molecular flexibility index (Phi) is 12.8. The van der Waals surface area contributed by atoms with Crippen LogP contribution in [0.1, 0.15) is 18.4 Å². The molecule has 0 aromatic heterocycles. The molecule has 1 fully saturated rings. The molecule has 5 N–H and O–H groups in total. The smallest absolute Gasteiger partial charge is 0.407 e. The second-order valence-corrected chi connectivity index (χ2v) is 11.1. The van der Waals surface area contributed by atoms with Crippen molar-refractivity contribution < 1.29 is 38.2 Å². The summed E-state index contributed by atoms with van der Waals surface area (Å²) >= 11 is 7.51. The van der Waals surface area contributed by atoms with E-state index in [-0.39, 0.29) is 37.7 Å². The summed E-state index contributed by atoms with van der Waals surface area (Å²) in [5.41, 5.74) is 0.777. The van der Waals surface area contributed by atoms with Gasteiger partial charge >= 0.3 is 6.09 Å². The normalized spacial score (nSPS) is 18.1. The zero-order chi connectivity index (χ0) is 28.3. The Labute approximate surface area is 236 Å². The van der Waals surface area contributed by atoms with Gasteiger partial charge in [-0.2, -0.15) is 12.6 Å². The number of rotatable bonds is 15. The van der Waals surface area contributed by atoms with Crippen molar-refractivity contribution in [3.8, 4) is 0 Å². The lowest BCUT2D eigenvalue weighted by atomic mass is 10.1. The number of amides is 4. The Hall–Kier alpha value is -2.39. The lowest BCUT2D eigenvalue weighted by molar-refractivity contribution is -0.869. The third kappa shape index (κ3) is 12.0. The van der Waals surface area contributed by atoms with Crippen LogP contribution in [-0.4, -0.2) is 104 Å². The molecule has 1 aliphatic heterocycles. The summed E-state index contributed by atoms with van der Waals surface area (Å²) in [5, 5.41) is 20.1. The van der Waals surface area contributed by atoms with Crippen LogP contribution in [0.3, 0.4) is 0 Å². The lowest BCUT2D eigenvalue weighted by Gasteiger charge is -2.23. The predicted molar refractivity (Wildman–Crippen MR) is 146 cm³/mol. The van der Waals surface area contributed by atoms with E-state index in [1.807, 2.05) is 39.3 Å². The van der Waals surface area contributed by atoms with Crippen LogP contribution in [0.25, 0.3) is 0 Å². The van der Waals surface area contributed by atoms with Gasteiger partial charge in [-0.15, -0.1) is 0 Å². The number of benzene rings is 1. The van der Waals surface area contributed by atoms with Crippen molar-refractivity contribution in [2.24, 2.45) is 0 Å². The third-order valence-corrected chi connectivity index (χ3v) is 6.70. The molecular formula is C24H37BrN5O7S+. The molecule has 12 nitrogen and oxygen atoms in total. The predicted octanol–water partition coefficient (Wildman–Crippen LogP) is -0.105. The first-order valence-corrected chi connectivity index (χ1v) is 13.6. The van der Waals surface area contributed by atoms with Crippen molar-refractivity contribution in [1.29, 1.82) is 0 Å². The average Bonchev–Trinajstić information content (AvgIpc) is 3.58. The number of aliphatic hydroxyl groups is 1. The van der Waals surface area contributed by atoms with Crippen molar-refractivity contribution in [1.82, 2.24) is 21.3 Å². The maximum Gasteiger partial charge on any atom is 0.407 e. The maximum absolute atomic E-state index is 12.5. The Bertz CT molecular complexity index is 978. The number of thiol groups is 1. The molecule has 0 spiro atoms. The number of quaternary nitrogens is 1. The number of halogens is 1. The number of aliphatic hydroxyl groups excluding tert-OH is 1. The number of ether oxygens (including phenoxy) is 2. The number of hydrogen-bond donors (Lipinski definition) is 6. The molecule has 0 aliphatic carbocycles. The largest absolute Gasteiger partial charge is 0.445 e. The first kappa shape index (κ1) is 31.8. The first-order valence-electron chi connectivity index (χ1n) is 12.1. The molecule has 1 heterocycles. The summed E-state index contributed by atoms with van der Waals surface area (Å²) < 4.78 is 11.8. The van der Waals surface area contributed by atoms with Gasteiger partial charge in [0.05, 0.1) is 46.8 Å². The fourth-order valence-corrected chi connectivity index (χ4v) is 3.97. The second-order valence-electron chi connectivity index (χ2n) is 9.83. The average molecular weight is 620 g/mol. The van der Waals surface area contributed by atoms with E-state index in [2.05, 4.69) is 49.8 Å². The van der Waals surface area contributed by atoms with Gasteiger partial charge < -0.3 is 40.3 Å². The molecule has 1 aliphatic rings. The quantitative estimate of drug-likeness (QED) is 0.0909. The number of carbonyl (C=O) groups is 4. The molecule has 2 unspecified atom stereocenters. The molecule has 0 radical (unpaired) electrons. The molecule has 4 amide bonds. The zero-order valence-electron chi connectivity index (χ0n) is 21.7. The zero-order valence-corrected chi connectivity index (χ0v) is 24.2. The number of epoxide rings is 1. The second kappa shape index (κ2) is 15.3. The molecule has 14 heteroatoms. The fraction of sp³-hybridized carbons (Fsp3) is 0.583. The van der Waals surface area contributed by atoms with E-state index in [4.69, 9.17) is 9.47 Å². The number of nitrogens with one attached hydrogen (secondary N) is 4. The minimum Gasteiger partial charge on any atom is -0.445 e. The number of hydrogen-bond acceptors (Lipinski definition) is 8. The van der Waals surface area contributed by atoms with Crippen LogP contribution in [0, 0.1) is 0 Å². The van der Waals surface area contributed by atoms with Gasteiger partial charge in [0.1, 0.15) is 18.8 Å². The molecule has 1 aromatic carbocycles. The van der Waals surface area contributed by atoms with Gasteiger partial charge in [0.25, 0.3) is 0 Å². The summed E-state index contributed by atoms with van der Waals surface area (Å²) in [7, 11) is 6.01. The van der Waals surface area contributed by atoms with Gasteiger partial charge in [-0.1, -0.05) is 34.1 Å². The minimum atomic E-state index is -1.05. The van der Waals surface area contributed by atoms with Crippen LogP contribution in [0.15, 0.2) is 28.7 Å². The Balaban J connectivity index is 1.76. The van der Waals surface area contributed by atoms with Gasteiger partial charge in [0.2, 0.25) is 17.7 Å². The number of alkyl carbamates (subject to hydrolysis) is 1. The molecule has 4 atom stereocenters. The number of nitrogens with zero attached hydrogens (tertiary/aromatic N) is 1. The van der Waals surface area contributed by atoms with E-state index < -0.39 is 42.4 Å². The number of carbonyl (C=O) groups excluding carboxylic acids is 4. The van der Waals surface area contributed by atoms with E-state index in [1.54, 1.807) is 6.07 Å². The van der Waals surface area contributed by atoms with Crippen LogP contribution in [-0.2, 0) is 30.5 Å². The van der Waals surface area contributed by atoms with Crippen molar-refractivity contribution in [3.63, 3.8) is 0 Å². The van der Waals surface area contributed by atoms with E-state index >= 15 is 0 Å². The van der Waals surface area contributed by atoms with Crippen molar-refractivity contribution in [2.45, 2.75) is 43.9 Å². The molecule has 0 bridgehead atoms. The molecule has 38 heavy (non-hydrogen) atoms. The molecule has 1 aromatic rings. The molecule has 0 saturated carbocycles. The van der Waals surface area contributed by atoms with E-state index in [0.29, 0.717) is 11.0 Å². The van der Waals surface area contributed by atoms with E-state index in [0.717, 1.165) is 16.6 Å². The van der Waals surface area contributed by atoms with Gasteiger partial charge in [-0.05, 0) is 12.5 Å². The highest BCUT2D eigenvalue weighted by molar-refractivity contribution is 9.10. The SMILES string of the molecule is C[N+](C)(C)CCNC(=O)CNC(=O)[C@H](CS)NC(=O)CC[C@H](NC(=O)OCc1ccccc1Br)C1OC1O. The van der Waals surface area contributed by atoms with Gasteiger partial charge in [-0.3, -0.25) is 14.4 Å². The Morgan fingerprint density at radius 1 is 1.13 bits per heavy atom. The molecule has 2 rings (SSSR count). The fourth-order valence-electron chi connectivity index (χ4n) is 3.31. The van der Waals surface area contributed by atoms with Crippen LogP contribution in [0.2, 0.25) is 0 Å². The van der Waals surface area contributed by atoms with Crippen LogP contribution in [0.5, 0.6) is 0 Å². The Morgan fingerprint density at radius 2 is 1.82 bits per heavy atom. The summed E-state index contributed by atoms with van der Waals surface area (Å²) in [6.07, 6.45) is -2.37. The lowest BCUT2D eigenvalue weighted by Crippen LogP contribution is -2.51. The van der Waals surface area contributed by atoms with Crippen molar-refractivity contribution >= 4 is 52.4 Å². The van der Waals surface area contributed by atoms with Crippen LogP contribution >= 0.6 is 28.6 Å². The monoisotopic (exact) mass is 618 g/mol. The summed E-state index contributed by atoms with van der Waals surface area (Å²) in [6, 6.07) is 5.66. The minimum absolute atomic E-state index is 0.0220. The molecule has 1 saturated heterocycles. The van der Waals surface area contributed by atoms with Crippen molar-refractivity contribution in [3.05, 3.63) is 34.3 Å². The third-order valence-electron chi connectivity index (χ3n) is 5.56. The highest BCUT2D eigenvalue weighted by Crippen LogP contribution is 2.25.